The fraction of sp³-hybridized carbons (Fsp3) is 0. The summed E-state index contributed by atoms with van der Waals surface area (Å²) in [6, 6.07) is 55.4. The zero-order valence-electron chi connectivity index (χ0n) is 23.8. The van der Waals surface area contributed by atoms with Crippen LogP contribution in [0.3, 0.4) is 0 Å². The molecule has 0 aliphatic carbocycles. The molecule has 0 unspecified atom stereocenters. The van der Waals surface area contributed by atoms with Crippen LogP contribution in [0.2, 0.25) is 0 Å². The molecule has 4 nitrogen and oxygen atoms in total. The first kappa shape index (κ1) is 24.6. The number of aromatic nitrogens is 3. The molecule has 6 aromatic carbocycles. The van der Waals surface area contributed by atoms with E-state index in [1.165, 1.54) is 11.1 Å². The van der Waals surface area contributed by atoms with Crippen molar-refractivity contribution in [2.45, 2.75) is 0 Å². The molecule has 0 fully saturated rings. The van der Waals surface area contributed by atoms with E-state index in [1.54, 1.807) is 0 Å². The summed E-state index contributed by atoms with van der Waals surface area (Å²) in [6.07, 6.45) is 0. The molecule has 4 heteroatoms. The molecule has 1 aliphatic rings. The predicted molar refractivity (Wildman–Crippen MR) is 181 cm³/mol. The van der Waals surface area contributed by atoms with Gasteiger partial charge in [-0.1, -0.05) is 121 Å². The molecule has 0 N–H and O–H groups in total. The molecule has 0 bridgehead atoms. The highest BCUT2D eigenvalue weighted by Crippen LogP contribution is 2.54. The number of nitrogens with zero attached hydrogens (tertiary/aromatic N) is 4. The summed E-state index contributed by atoms with van der Waals surface area (Å²) >= 11 is 0. The van der Waals surface area contributed by atoms with Crippen molar-refractivity contribution in [1.29, 1.82) is 0 Å². The minimum atomic E-state index is 0.653. The lowest BCUT2D eigenvalue weighted by molar-refractivity contribution is 0.991. The minimum absolute atomic E-state index is 0.653. The highest BCUT2D eigenvalue weighted by atomic mass is 15.2. The maximum Gasteiger partial charge on any atom is 0.235 e. The summed E-state index contributed by atoms with van der Waals surface area (Å²) in [4.78, 5) is 13.0. The first-order valence-corrected chi connectivity index (χ1v) is 14.9. The van der Waals surface area contributed by atoms with E-state index in [-0.39, 0.29) is 0 Å². The van der Waals surface area contributed by atoms with Crippen molar-refractivity contribution in [3.63, 3.8) is 0 Å². The van der Waals surface area contributed by atoms with Crippen LogP contribution in [0.5, 0.6) is 0 Å². The molecule has 0 radical (unpaired) electrons. The summed E-state index contributed by atoms with van der Waals surface area (Å²) in [5.74, 6) is 0.653. The second kappa shape index (κ2) is 9.79. The molecule has 8 aromatic rings. The monoisotopic (exact) mass is 562 g/mol. The Morgan fingerprint density at radius 2 is 1.05 bits per heavy atom. The standard InChI is InChI=1S/C40H26N4/c1-3-15-27(16-4-1)38-29-19-7-11-23-33(29)41-40(42-38)44-35-25-13-9-21-31(35)37-30-20-8-12-24-34(30)43(28-17-5-2-6-18-28)36-26-14-10-22-32(36)39(37)44/h1-26H. The predicted octanol–water partition coefficient (Wildman–Crippen LogP) is 10.4. The van der Waals surface area contributed by atoms with Gasteiger partial charge in [-0.3, -0.25) is 4.57 Å². The Bertz CT molecular complexity index is 2340. The van der Waals surface area contributed by atoms with Crippen LogP contribution in [0.25, 0.3) is 61.4 Å². The molecular formula is C40H26N4. The number of anilines is 3. The number of benzene rings is 6. The summed E-state index contributed by atoms with van der Waals surface area (Å²) in [5.41, 5.74) is 11.9. The average Bonchev–Trinajstić information content (AvgIpc) is 3.38. The van der Waals surface area contributed by atoms with Gasteiger partial charge in [0.25, 0.3) is 0 Å². The van der Waals surface area contributed by atoms with E-state index in [1.807, 2.05) is 12.1 Å². The molecule has 0 amide bonds. The van der Waals surface area contributed by atoms with Crippen molar-refractivity contribution in [2.75, 3.05) is 4.90 Å². The van der Waals surface area contributed by atoms with E-state index >= 15 is 0 Å². The molecule has 0 atom stereocenters. The number of hydrogen-bond acceptors (Lipinski definition) is 3. The summed E-state index contributed by atoms with van der Waals surface area (Å²) < 4.78 is 2.27. The fourth-order valence-electron chi connectivity index (χ4n) is 6.69. The smallest absolute Gasteiger partial charge is 0.235 e. The summed E-state index contributed by atoms with van der Waals surface area (Å²) in [7, 11) is 0. The average molecular weight is 563 g/mol. The van der Waals surface area contributed by atoms with Gasteiger partial charge in [0, 0.05) is 38.7 Å². The van der Waals surface area contributed by atoms with Crippen LogP contribution in [0, 0.1) is 0 Å². The Morgan fingerprint density at radius 1 is 0.455 bits per heavy atom. The SMILES string of the molecule is c1ccc(-c2nc(-n3c4c(c5ccccc53)-c3ccccc3N(c3ccccc3)c3ccccc3-4)nc3ccccc23)cc1. The van der Waals surface area contributed by atoms with E-state index < -0.39 is 0 Å². The van der Waals surface area contributed by atoms with Crippen LogP contribution in [0.15, 0.2) is 158 Å². The lowest BCUT2D eigenvalue weighted by Crippen LogP contribution is -2.11. The summed E-state index contributed by atoms with van der Waals surface area (Å²) in [6.45, 7) is 0. The van der Waals surface area contributed by atoms with Gasteiger partial charge in [-0.2, -0.15) is 0 Å². The highest BCUT2D eigenvalue weighted by molar-refractivity contribution is 6.12. The van der Waals surface area contributed by atoms with Gasteiger partial charge in [-0.25, -0.2) is 9.97 Å². The van der Waals surface area contributed by atoms with Gasteiger partial charge >= 0.3 is 0 Å². The highest BCUT2D eigenvalue weighted by Gasteiger charge is 2.31. The van der Waals surface area contributed by atoms with E-state index in [0.717, 1.165) is 61.4 Å². The number of para-hydroxylation sites is 5. The van der Waals surface area contributed by atoms with Crippen LogP contribution < -0.4 is 4.90 Å². The second-order valence-electron chi connectivity index (χ2n) is 11.0. The second-order valence-corrected chi connectivity index (χ2v) is 11.0. The fourth-order valence-corrected chi connectivity index (χ4v) is 6.69. The van der Waals surface area contributed by atoms with Crippen LogP contribution >= 0.6 is 0 Å². The Balaban J connectivity index is 1.44. The molecule has 1 aliphatic heterocycles. The van der Waals surface area contributed by atoms with Crippen LogP contribution in [0.1, 0.15) is 0 Å². The molecule has 0 saturated carbocycles. The van der Waals surface area contributed by atoms with Crippen molar-refractivity contribution in [3.8, 4) is 39.6 Å². The van der Waals surface area contributed by atoms with Gasteiger partial charge in [-0.05, 0) is 36.4 Å². The van der Waals surface area contributed by atoms with Gasteiger partial charge in [0.1, 0.15) is 0 Å². The zero-order chi connectivity index (χ0) is 29.0. The first-order chi connectivity index (χ1) is 21.9. The van der Waals surface area contributed by atoms with E-state index in [0.29, 0.717) is 5.95 Å². The van der Waals surface area contributed by atoms with Gasteiger partial charge < -0.3 is 4.90 Å². The van der Waals surface area contributed by atoms with Crippen molar-refractivity contribution in [2.24, 2.45) is 0 Å². The minimum Gasteiger partial charge on any atom is -0.309 e. The maximum atomic E-state index is 5.35. The summed E-state index contributed by atoms with van der Waals surface area (Å²) in [5, 5.41) is 2.20. The molecule has 3 heterocycles. The van der Waals surface area contributed by atoms with Gasteiger partial charge in [0.15, 0.2) is 0 Å². The van der Waals surface area contributed by atoms with Crippen molar-refractivity contribution < 1.29 is 0 Å². The van der Waals surface area contributed by atoms with Crippen molar-refractivity contribution >= 4 is 38.9 Å². The topological polar surface area (TPSA) is 34.0 Å². The Morgan fingerprint density at radius 3 is 1.84 bits per heavy atom. The number of hydrogen-bond donors (Lipinski definition) is 0. The third kappa shape index (κ3) is 3.64. The van der Waals surface area contributed by atoms with Crippen LogP contribution in [-0.2, 0) is 0 Å². The zero-order valence-corrected chi connectivity index (χ0v) is 23.8. The third-order valence-electron chi connectivity index (χ3n) is 8.54. The first-order valence-electron chi connectivity index (χ1n) is 14.9. The van der Waals surface area contributed by atoms with E-state index in [2.05, 4.69) is 155 Å². The quantitative estimate of drug-likeness (QED) is 0.215. The largest absolute Gasteiger partial charge is 0.309 e. The van der Waals surface area contributed by atoms with Crippen LogP contribution in [-0.4, -0.2) is 14.5 Å². The lowest BCUT2D eigenvalue weighted by atomic mass is 9.98. The molecule has 2 aromatic heterocycles. The maximum absolute atomic E-state index is 5.35. The van der Waals surface area contributed by atoms with E-state index in [9.17, 15) is 0 Å². The Labute approximate surface area is 255 Å². The van der Waals surface area contributed by atoms with Gasteiger partial charge in [0.05, 0.1) is 33.8 Å². The lowest BCUT2D eigenvalue weighted by Gasteiger charge is -2.27. The Kier molecular flexibility index (Phi) is 5.47. The molecular weight excluding hydrogens is 536 g/mol. The van der Waals surface area contributed by atoms with E-state index in [4.69, 9.17) is 9.97 Å². The van der Waals surface area contributed by atoms with Gasteiger partial charge in [0.2, 0.25) is 5.95 Å². The molecule has 0 saturated heterocycles. The van der Waals surface area contributed by atoms with Crippen LogP contribution in [0.4, 0.5) is 17.1 Å². The van der Waals surface area contributed by atoms with Crippen molar-refractivity contribution in [3.05, 3.63) is 158 Å². The molecule has 44 heavy (non-hydrogen) atoms. The molecule has 0 spiro atoms. The normalized spacial score (nSPS) is 12.0. The van der Waals surface area contributed by atoms with Gasteiger partial charge in [-0.15, -0.1) is 0 Å². The number of rotatable bonds is 3. The third-order valence-corrected chi connectivity index (χ3v) is 8.54. The Hall–Kier alpha value is -6.00. The van der Waals surface area contributed by atoms with Crippen molar-refractivity contribution in [1.82, 2.24) is 14.5 Å². The molecule has 9 rings (SSSR count). The number of fused-ring (bicyclic) bond motifs is 8. The molecule has 206 valence electrons.